The van der Waals surface area contributed by atoms with Gasteiger partial charge in [-0.25, -0.2) is 4.98 Å². The van der Waals surface area contributed by atoms with Crippen LogP contribution in [0.1, 0.15) is 22.2 Å². The SMILES string of the molecule is Cc1cc(Br)ccc1C(N)Cc1nc2ccccc2s1. The summed E-state index contributed by atoms with van der Waals surface area (Å²) in [7, 11) is 0. The molecule has 4 heteroatoms. The van der Waals surface area contributed by atoms with Gasteiger partial charge in [0.25, 0.3) is 0 Å². The first-order valence-electron chi connectivity index (χ1n) is 6.49. The number of aryl methyl sites for hydroxylation is 1. The summed E-state index contributed by atoms with van der Waals surface area (Å²) in [5.74, 6) is 0. The molecule has 2 nitrogen and oxygen atoms in total. The third-order valence-corrected chi connectivity index (χ3v) is 4.92. The van der Waals surface area contributed by atoms with E-state index in [1.165, 1.54) is 15.8 Å². The lowest BCUT2D eigenvalue weighted by Gasteiger charge is -2.13. The Labute approximate surface area is 130 Å². The summed E-state index contributed by atoms with van der Waals surface area (Å²) in [5, 5.41) is 1.10. The molecule has 0 aliphatic rings. The lowest BCUT2D eigenvalue weighted by atomic mass is 10.00. The third-order valence-electron chi connectivity index (χ3n) is 3.36. The van der Waals surface area contributed by atoms with Crippen molar-refractivity contribution in [2.75, 3.05) is 0 Å². The second kappa shape index (κ2) is 5.64. The van der Waals surface area contributed by atoms with Gasteiger partial charge in [-0.1, -0.05) is 34.1 Å². The highest BCUT2D eigenvalue weighted by atomic mass is 79.9. The van der Waals surface area contributed by atoms with Crippen LogP contribution in [0.5, 0.6) is 0 Å². The van der Waals surface area contributed by atoms with Gasteiger partial charge in [-0.05, 0) is 42.3 Å². The minimum Gasteiger partial charge on any atom is -0.324 e. The number of para-hydroxylation sites is 1. The van der Waals surface area contributed by atoms with Crippen LogP contribution in [0.25, 0.3) is 10.2 Å². The molecule has 102 valence electrons. The van der Waals surface area contributed by atoms with E-state index in [1.54, 1.807) is 11.3 Å². The number of rotatable bonds is 3. The highest BCUT2D eigenvalue weighted by molar-refractivity contribution is 9.10. The van der Waals surface area contributed by atoms with Gasteiger partial charge in [0.05, 0.1) is 15.2 Å². The molecule has 1 atom stereocenters. The number of thiazole rings is 1. The standard InChI is InChI=1S/C16H15BrN2S/c1-10-8-11(17)6-7-12(10)13(18)9-16-19-14-4-2-3-5-15(14)20-16/h2-8,13H,9,18H2,1H3. The van der Waals surface area contributed by atoms with E-state index in [0.29, 0.717) is 0 Å². The molecule has 1 aromatic heterocycles. The summed E-state index contributed by atoms with van der Waals surface area (Å²) in [6.45, 7) is 2.10. The van der Waals surface area contributed by atoms with Gasteiger partial charge in [-0.3, -0.25) is 0 Å². The maximum atomic E-state index is 6.35. The number of benzene rings is 2. The topological polar surface area (TPSA) is 38.9 Å². The van der Waals surface area contributed by atoms with Gasteiger partial charge < -0.3 is 5.73 Å². The minimum atomic E-state index is -0.0105. The molecule has 1 heterocycles. The molecule has 20 heavy (non-hydrogen) atoms. The fourth-order valence-corrected chi connectivity index (χ4v) is 3.86. The van der Waals surface area contributed by atoms with Crippen molar-refractivity contribution in [1.29, 1.82) is 0 Å². The van der Waals surface area contributed by atoms with E-state index in [1.807, 2.05) is 24.3 Å². The Morgan fingerprint density at radius 1 is 1.25 bits per heavy atom. The van der Waals surface area contributed by atoms with Gasteiger partial charge >= 0.3 is 0 Å². The van der Waals surface area contributed by atoms with E-state index in [4.69, 9.17) is 5.73 Å². The Kier molecular flexibility index (Phi) is 3.87. The van der Waals surface area contributed by atoms with Crippen molar-refractivity contribution in [2.45, 2.75) is 19.4 Å². The molecule has 0 bridgehead atoms. The highest BCUT2D eigenvalue weighted by Gasteiger charge is 2.13. The first-order valence-corrected chi connectivity index (χ1v) is 8.10. The van der Waals surface area contributed by atoms with E-state index >= 15 is 0 Å². The molecule has 0 amide bonds. The zero-order valence-electron chi connectivity index (χ0n) is 11.1. The molecule has 2 N–H and O–H groups in total. The van der Waals surface area contributed by atoms with Crippen LogP contribution in [0.4, 0.5) is 0 Å². The van der Waals surface area contributed by atoms with Crippen molar-refractivity contribution in [2.24, 2.45) is 5.73 Å². The average molecular weight is 347 g/mol. The Balaban J connectivity index is 1.86. The molecule has 2 aromatic carbocycles. The number of fused-ring (bicyclic) bond motifs is 1. The average Bonchev–Trinajstić information content (AvgIpc) is 2.80. The van der Waals surface area contributed by atoms with Gasteiger partial charge in [0.2, 0.25) is 0 Å². The quantitative estimate of drug-likeness (QED) is 0.751. The molecule has 0 aliphatic heterocycles. The van der Waals surface area contributed by atoms with Crippen molar-refractivity contribution in [3.8, 4) is 0 Å². The predicted octanol–water partition coefficient (Wildman–Crippen LogP) is 4.61. The molecule has 3 rings (SSSR count). The van der Waals surface area contributed by atoms with Gasteiger partial charge in [0, 0.05) is 16.9 Å². The fourth-order valence-electron chi connectivity index (χ4n) is 2.36. The second-order valence-corrected chi connectivity index (χ2v) is 6.92. The maximum absolute atomic E-state index is 6.35. The van der Waals surface area contributed by atoms with Gasteiger partial charge in [0.15, 0.2) is 0 Å². The Morgan fingerprint density at radius 2 is 2.05 bits per heavy atom. The first kappa shape index (κ1) is 13.7. The van der Waals surface area contributed by atoms with E-state index < -0.39 is 0 Å². The molecular formula is C16H15BrN2S. The smallest absolute Gasteiger partial charge is 0.0957 e. The van der Waals surface area contributed by atoms with Crippen molar-refractivity contribution < 1.29 is 0 Å². The van der Waals surface area contributed by atoms with Crippen molar-refractivity contribution >= 4 is 37.5 Å². The van der Waals surface area contributed by atoms with Crippen LogP contribution >= 0.6 is 27.3 Å². The number of aromatic nitrogens is 1. The summed E-state index contributed by atoms with van der Waals surface area (Å²) < 4.78 is 2.31. The molecule has 0 fully saturated rings. The zero-order chi connectivity index (χ0) is 14.1. The first-order chi connectivity index (χ1) is 9.63. The van der Waals surface area contributed by atoms with E-state index in [9.17, 15) is 0 Å². The summed E-state index contributed by atoms with van der Waals surface area (Å²) in [6, 6.07) is 14.4. The summed E-state index contributed by atoms with van der Waals surface area (Å²) >= 11 is 5.21. The normalized spacial score (nSPS) is 12.8. The number of nitrogens with zero attached hydrogens (tertiary/aromatic N) is 1. The lowest BCUT2D eigenvalue weighted by molar-refractivity contribution is 0.714. The Morgan fingerprint density at radius 3 is 2.80 bits per heavy atom. The zero-order valence-corrected chi connectivity index (χ0v) is 13.5. The predicted molar refractivity (Wildman–Crippen MR) is 89.1 cm³/mol. The molecule has 3 aromatic rings. The van der Waals surface area contributed by atoms with E-state index in [0.717, 1.165) is 21.4 Å². The molecule has 1 unspecified atom stereocenters. The summed E-state index contributed by atoms with van der Waals surface area (Å²) in [4.78, 5) is 4.65. The highest BCUT2D eigenvalue weighted by Crippen LogP contribution is 2.27. The van der Waals surface area contributed by atoms with Crippen LogP contribution in [0.3, 0.4) is 0 Å². The minimum absolute atomic E-state index is 0.0105. The number of hydrogen-bond acceptors (Lipinski definition) is 3. The molecule has 0 saturated heterocycles. The molecule has 0 radical (unpaired) electrons. The van der Waals surface area contributed by atoms with E-state index in [2.05, 4.69) is 46.0 Å². The number of hydrogen-bond donors (Lipinski definition) is 1. The molecular weight excluding hydrogens is 332 g/mol. The van der Waals surface area contributed by atoms with Crippen LogP contribution < -0.4 is 5.73 Å². The molecule has 0 saturated carbocycles. The maximum Gasteiger partial charge on any atom is 0.0957 e. The van der Waals surface area contributed by atoms with Crippen LogP contribution in [0.2, 0.25) is 0 Å². The fraction of sp³-hybridized carbons (Fsp3) is 0.188. The number of nitrogens with two attached hydrogens (primary N) is 1. The van der Waals surface area contributed by atoms with E-state index in [-0.39, 0.29) is 6.04 Å². The van der Waals surface area contributed by atoms with Crippen LogP contribution in [-0.2, 0) is 6.42 Å². The lowest BCUT2D eigenvalue weighted by Crippen LogP contribution is -2.14. The monoisotopic (exact) mass is 346 g/mol. The largest absolute Gasteiger partial charge is 0.324 e. The molecule has 0 spiro atoms. The van der Waals surface area contributed by atoms with Gasteiger partial charge in [0.1, 0.15) is 0 Å². The van der Waals surface area contributed by atoms with Crippen molar-refractivity contribution in [3.05, 3.63) is 63.1 Å². The third kappa shape index (κ3) is 2.77. The summed E-state index contributed by atoms with van der Waals surface area (Å²) in [5.41, 5.74) is 9.82. The van der Waals surface area contributed by atoms with Crippen molar-refractivity contribution in [3.63, 3.8) is 0 Å². The molecule has 0 aliphatic carbocycles. The van der Waals surface area contributed by atoms with Crippen molar-refractivity contribution in [1.82, 2.24) is 4.98 Å². The van der Waals surface area contributed by atoms with Crippen LogP contribution in [0.15, 0.2) is 46.9 Å². The number of halogens is 1. The van der Waals surface area contributed by atoms with Crippen LogP contribution in [0, 0.1) is 6.92 Å². The van der Waals surface area contributed by atoms with Gasteiger partial charge in [-0.15, -0.1) is 11.3 Å². The second-order valence-electron chi connectivity index (χ2n) is 4.89. The Bertz CT molecular complexity index is 718. The van der Waals surface area contributed by atoms with Crippen LogP contribution in [-0.4, -0.2) is 4.98 Å². The Hall–Kier alpha value is -1.23. The van der Waals surface area contributed by atoms with Gasteiger partial charge in [-0.2, -0.15) is 0 Å². The summed E-state index contributed by atoms with van der Waals surface area (Å²) in [6.07, 6.45) is 0.780.